The van der Waals surface area contributed by atoms with Crippen molar-refractivity contribution < 1.29 is 19.3 Å². The van der Waals surface area contributed by atoms with Crippen molar-refractivity contribution in [2.75, 3.05) is 6.61 Å². The van der Waals surface area contributed by atoms with E-state index in [4.69, 9.17) is 14.5 Å². The minimum absolute atomic E-state index is 0.237. The molecule has 4 nitrogen and oxygen atoms in total. The van der Waals surface area contributed by atoms with E-state index in [9.17, 15) is 4.79 Å². The van der Waals surface area contributed by atoms with E-state index in [1.165, 1.54) is 0 Å². The van der Waals surface area contributed by atoms with E-state index in [1.54, 1.807) is 6.92 Å². The Labute approximate surface area is 110 Å². The smallest absolute Gasteiger partial charge is 0.333 e. The molecule has 0 amide bonds. The lowest BCUT2D eigenvalue weighted by molar-refractivity contribution is -0.357. The second-order valence-corrected chi connectivity index (χ2v) is 5.22. The topological polar surface area (TPSA) is 44.8 Å². The molecule has 18 heavy (non-hydrogen) atoms. The van der Waals surface area contributed by atoms with E-state index >= 15 is 0 Å². The largest absolute Gasteiger partial charge is 0.459 e. The highest BCUT2D eigenvalue weighted by Crippen LogP contribution is 2.19. The van der Waals surface area contributed by atoms with Gasteiger partial charge in [-0.3, -0.25) is 0 Å². The fraction of sp³-hybridized carbons (Fsp3) is 0.786. The fourth-order valence-electron chi connectivity index (χ4n) is 1.46. The van der Waals surface area contributed by atoms with Crippen LogP contribution in [0.15, 0.2) is 12.2 Å². The Morgan fingerprint density at radius 1 is 1.39 bits per heavy atom. The van der Waals surface area contributed by atoms with Crippen molar-refractivity contribution >= 4 is 5.97 Å². The van der Waals surface area contributed by atoms with E-state index in [0.717, 1.165) is 12.8 Å². The van der Waals surface area contributed by atoms with E-state index in [2.05, 4.69) is 13.5 Å². The van der Waals surface area contributed by atoms with Crippen LogP contribution in [0.1, 0.15) is 53.9 Å². The van der Waals surface area contributed by atoms with E-state index < -0.39 is 5.60 Å². The zero-order valence-corrected chi connectivity index (χ0v) is 12.2. The van der Waals surface area contributed by atoms with Crippen molar-refractivity contribution in [3.8, 4) is 0 Å². The van der Waals surface area contributed by atoms with Gasteiger partial charge in [-0.05, 0) is 34.1 Å². The van der Waals surface area contributed by atoms with Crippen LogP contribution in [0.4, 0.5) is 0 Å². The van der Waals surface area contributed by atoms with Crippen LogP contribution >= 0.6 is 0 Å². The molecule has 4 heteroatoms. The molecule has 1 unspecified atom stereocenters. The molecule has 0 rings (SSSR count). The van der Waals surface area contributed by atoms with Crippen LogP contribution < -0.4 is 0 Å². The Morgan fingerprint density at radius 2 is 2.00 bits per heavy atom. The Kier molecular flexibility index (Phi) is 7.87. The third-order valence-corrected chi connectivity index (χ3v) is 2.30. The maximum absolute atomic E-state index is 11.3. The van der Waals surface area contributed by atoms with Crippen LogP contribution in [-0.4, -0.2) is 24.3 Å². The number of carbonyl (C=O) groups is 1. The first-order valence-corrected chi connectivity index (χ1v) is 6.45. The van der Waals surface area contributed by atoms with Gasteiger partial charge in [0.05, 0.1) is 6.61 Å². The highest BCUT2D eigenvalue weighted by atomic mass is 17.2. The molecule has 0 spiro atoms. The van der Waals surface area contributed by atoms with Crippen molar-refractivity contribution in [2.24, 2.45) is 0 Å². The van der Waals surface area contributed by atoms with E-state index in [1.807, 2.05) is 20.8 Å². The van der Waals surface area contributed by atoms with Gasteiger partial charge in [-0.2, -0.15) is 0 Å². The van der Waals surface area contributed by atoms with Crippen molar-refractivity contribution in [3.63, 3.8) is 0 Å². The van der Waals surface area contributed by atoms with Gasteiger partial charge < -0.3 is 4.74 Å². The second kappa shape index (κ2) is 8.27. The molecular weight excluding hydrogens is 232 g/mol. The molecular formula is C14H26O4. The molecule has 0 N–H and O–H groups in total. The first-order chi connectivity index (χ1) is 8.28. The molecule has 0 aliphatic heterocycles. The lowest BCUT2D eigenvalue weighted by atomic mass is 10.0. The Morgan fingerprint density at radius 3 is 2.50 bits per heavy atom. The maximum Gasteiger partial charge on any atom is 0.333 e. The van der Waals surface area contributed by atoms with Crippen molar-refractivity contribution in [2.45, 2.75) is 65.6 Å². The van der Waals surface area contributed by atoms with E-state index in [0.29, 0.717) is 18.6 Å². The molecule has 0 aliphatic carbocycles. The summed E-state index contributed by atoms with van der Waals surface area (Å²) in [7, 11) is 0. The molecule has 0 bridgehead atoms. The third kappa shape index (κ3) is 8.25. The molecule has 0 aromatic rings. The zero-order valence-electron chi connectivity index (χ0n) is 12.2. The van der Waals surface area contributed by atoms with Gasteiger partial charge in [0, 0.05) is 12.0 Å². The number of unbranched alkanes of at least 4 members (excludes halogenated alkanes) is 1. The Hall–Kier alpha value is -0.870. The summed E-state index contributed by atoms with van der Waals surface area (Å²) >= 11 is 0. The molecule has 0 aromatic carbocycles. The lowest BCUT2D eigenvalue weighted by Crippen LogP contribution is -2.31. The molecule has 0 saturated carbocycles. The van der Waals surface area contributed by atoms with Crippen LogP contribution in [-0.2, 0) is 19.3 Å². The third-order valence-electron chi connectivity index (χ3n) is 2.30. The van der Waals surface area contributed by atoms with Gasteiger partial charge in [-0.15, -0.1) is 0 Å². The highest BCUT2D eigenvalue weighted by Gasteiger charge is 2.25. The first-order valence-electron chi connectivity index (χ1n) is 6.45. The number of hydrogen-bond acceptors (Lipinski definition) is 4. The highest BCUT2D eigenvalue weighted by molar-refractivity contribution is 5.87. The molecule has 0 heterocycles. The van der Waals surface area contributed by atoms with Crippen LogP contribution in [0.25, 0.3) is 0 Å². The van der Waals surface area contributed by atoms with Crippen molar-refractivity contribution in [1.29, 1.82) is 0 Å². The molecule has 1 atom stereocenters. The van der Waals surface area contributed by atoms with Gasteiger partial charge in [0.2, 0.25) is 0 Å². The molecule has 0 fully saturated rings. The second-order valence-electron chi connectivity index (χ2n) is 5.22. The average molecular weight is 258 g/mol. The lowest BCUT2D eigenvalue weighted by Gasteiger charge is -2.26. The number of hydrogen-bond donors (Lipinski definition) is 0. The number of rotatable bonds is 9. The minimum Gasteiger partial charge on any atom is -0.459 e. The SMILES string of the molecule is C=C(C)C(=O)OC(C)CC(C)(C)OOCCCC. The Balaban J connectivity index is 3.98. The van der Waals surface area contributed by atoms with Crippen molar-refractivity contribution in [1.82, 2.24) is 0 Å². The van der Waals surface area contributed by atoms with Gasteiger partial charge in [-0.25, -0.2) is 14.6 Å². The molecule has 0 saturated heterocycles. The van der Waals surface area contributed by atoms with Crippen LogP contribution in [0.2, 0.25) is 0 Å². The Bertz CT molecular complexity index is 271. The van der Waals surface area contributed by atoms with Crippen LogP contribution in [0.5, 0.6) is 0 Å². The quantitative estimate of drug-likeness (QED) is 0.209. The van der Waals surface area contributed by atoms with Gasteiger partial charge >= 0.3 is 5.97 Å². The normalized spacial score (nSPS) is 13.2. The van der Waals surface area contributed by atoms with Crippen LogP contribution in [0.3, 0.4) is 0 Å². The number of esters is 1. The first kappa shape index (κ1) is 17.1. The molecule has 106 valence electrons. The van der Waals surface area contributed by atoms with Gasteiger partial charge in [0.1, 0.15) is 11.7 Å². The summed E-state index contributed by atoms with van der Waals surface area (Å²) in [5, 5.41) is 0. The molecule has 0 aromatic heterocycles. The summed E-state index contributed by atoms with van der Waals surface area (Å²) in [5.74, 6) is -0.370. The number of carbonyl (C=O) groups excluding carboxylic acids is 1. The summed E-state index contributed by atoms with van der Waals surface area (Å²) < 4.78 is 5.20. The predicted molar refractivity (Wildman–Crippen MR) is 71.0 cm³/mol. The predicted octanol–water partition coefficient (Wildman–Crippen LogP) is 3.41. The molecule has 0 radical (unpaired) electrons. The van der Waals surface area contributed by atoms with Gasteiger partial charge in [0.25, 0.3) is 0 Å². The number of ether oxygens (including phenoxy) is 1. The van der Waals surface area contributed by atoms with Crippen LogP contribution in [0, 0.1) is 0 Å². The summed E-state index contributed by atoms with van der Waals surface area (Å²) in [6, 6.07) is 0. The van der Waals surface area contributed by atoms with Gasteiger partial charge in [0.15, 0.2) is 0 Å². The monoisotopic (exact) mass is 258 g/mol. The average Bonchev–Trinajstić information content (AvgIpc) is 2.23. The fourth-order valence-corrected chi connectivity index (χ4v) is 1.46. The minimum atomic E-state index is -0.484. The van der Waals surface area contributed by atoms with Crippen molar-refractivity contribution in [3.05, 3.63) is 12.2 Å². The van der Waals surface area contributed by atoms with Gasteiger partial charge in [-0.1, -0.05) is 19.9 Å². The summed E-state index contributed by atoms with van der Waals surface area (Å²) in [5.41, 5.74) is -0.0811. The standard InChI is InChI=1S/C14H26O4/c1-7-8-9-16-18-14(5,6)10-12(4)17-13(15)11(2)3/h12H,2,7-10H2,1,3-6H3. The summed E-state index contributed by atoms with van der Waals surface area (Å²) in [6.45, 7) is 13.5. The maximum atomic E-state index is 11.3. The summed E-state index contributed by atoms with van der Waals surface area (Å²) in [4.78, 5) is 21.8. The van der Waals surface area contributed by atoms with E-state index in [-0.39, 0.29) is 12.1 Å². The zero-order chi connectivity index (χ0) is 14.2. The molecule has 0 aliphatic rings. The summed E-state index contributed by atoms with van der Waals surface area (Å²) in [6.07, 6.45) is 2.36.